The topological polar surface area (TPSA) is 48.1 Å². The fraction of sp³-hybridized carbons (Fsp3) is 0.0833. The Balaban J connectivity index is 2.20. The fourth-order valence-corrected chi connectivity index (χ4v) is 1.48. The number of halogens is 1. The molecule has 0 aliphatic heterocycles. The standard InChI is InChI=1S/C12H11ClN2O/c13-9-2-1-3-11(6-9)16-12-4-5-15-10(7-12)8-14/h1-7H,8,14H2. The van der Waals surface area contributed by atoms with Crippen LogP contribution < -0.4 is 10.5 Å². The number of aromatic nitrogens is 1. The van der Waals surface area contributed by atoms with E-state index < -0.39 is 0 Å². The van der Waals surface area contributed by atoms with Gasteiger partial charge >= 0.3 is 0 Å². The molecule has 0 unspecified atom stereocenters. The van der Waals surface area contributed by atoms with Gasteiger partial charge < -0.3 is 10.5 Å². The van der Waals surface area contributed by atoms with E-state index in [1.165, 1.54) is 0 Å². The van der Waals surface area contributed by atoms with Gasteiger partial charge in [0.25, 0.3) is 0 Å². The zero-order valence-electron chi connectivity index (χ0n) is 8.56. The molecule has 0 bridgehead atoms. The van der Waals surface area contributed by atoms with E-state index >= 15 is 0 Å². The van der Waals surface area contributed by atoms with Crippen LogP contribution in [0.5, 0.6) is 11.5 Å². The van der Waals surface area contributed by atoms with Gasteiger partial charge in [0.15, 0.2) is 0 Å². The summed E-state index contributed by atoms with van der Waals surface area (Å²) in [5.74, 6) is 1.40. The second-order valence-corrected chi connectivity index (χ2v) is 3.68. The summed E-state index contributed by atoms with van der Waals surface area (Å²) in [6.07, 6.45) is 1.67. The number of nitrogens with zero attached hydrogens (tertiary/aromatic N) is 1. The van der Waals surface area contributed by atoms with Crippen LogP contribution in [0.3, 0.4) is 0 Å². The largest absolute Gasteiger partial charge is 0.457 e. The number of nitrogens with two attached hydrogens (primary N) is 1. The van der Waals surface area contributed by atoms with E-state index in [2.05, 4.69) is 4.98 Å². The molecule has 0 saturated heterocycles. The van der Waals surface area contributed by atoms with Gasteiger partial charge in [0, 0.05) is 23.8 Å². The summed E-state index contributed by atoms with van der Waals surface area (Å²) in [4.78, 5) is 4.09. The molecule has 1 heterocycles. The fourth-order valence-electron chi connectivity index (χ4n) is 1.30. The average Bonchev–Trinajstić information content (AvgIpc) is 2.29. The molecule has 82 valence electrons. The summed E-state index contributed by atoms with van der Waals surface area (Å²) >= 11 is 5.86. The molecule has 3 nitrogen and oxygen atoms in total. The zero-order chi connectivity index (χ0) is 11.4. The number of rotatable bonds is 3. The average molecular weight is 235 g/mol. The first-order valence-corrected chi connectivity index (χ1v) is 5.24. The first-order valence-electron chi connectivity index (χ1n) is 4.86. The van der Waals surface area contributed by atoms with Crippen LogP contribution in [0.15, 0.2) is 42.6 Å². The lowest BCUT2D eigenvalue weighted by atomic mass is 10.3. The minimum absolute atomic E-state index is 0.396. The number of ether oxygens (including phenoxy) is 1. The van der Waals surface area contributed by atoms with Crippen molar-refractivity contribution in [3.05, 3.63) is 53.3 Å². The van der Waals surface area contributed by atoms with Crippen molar-refractivity contribution in [1.29, 1.82) is 0 Å². The summed E-state index contributed by atoms with van der Waals surface area (Å²) in [5, 5.41) is 0.644. The van der Waals surface area contributed by atoms with Gasteiger partial charge in [0.1, 0.15) is 11.5 Å². The Bertz CT molecular complexity index is 488. The van der Waals surface area contributed by atoms with E-state index in [0.717, 1.165) is 5.69 Å². The second kappa shape index (κ2) is 4.96. The van der Waals surface area contributed by atoms with Crippen molar-refractivity contribution in [3.8, 4) is 11.5 Å². The number of benzene rings is 1. The van der Waals surface area contributed by atoms with Crippen LogP contribution in [0.2, 0.25) is 5.02 Å². The minimum atomic E-state index is 0.396. The van der Waals surface area contributed by atoms with Crippen LogP contribution in [0, 0.1) is 0 Å². The van der Waals surface area contributed by atoms with Crippen molar-refractivity contribution < 1.29 is 4.74 Å². The van der Waals surface area contributed by atoms with Crippen LogP contribution in [0.1, 0.15) is 5.69 Å². The van der Waals surface area contributed by atoms with Crippen molar-refractivity contribution in [2.75, 3.05) is 0 Å². The Kier molecular flexibility index (Phi) is 3.39. The molecule has 0 atom stereocenters. The van der Waals surface area contributed by atoms with Gasteiger partial charge in [0.2, 0.25) is 0 Å². The third-order valence-corrected chi connectivity index (χ3v) is 2.26. The third kappa shape index (κ3) is 2.72. The van der Waals surface area contributed by atoms with E-state index in [-0.39, 0.29) is 0 Å². The highest BCUT2D eigenvalue weighted by atomic mass is 35.5. The van der Waals surface area contributed by atoms with Gasteiger partial charge in [-0.2, -0.15) is 0 Å². The monoisotopic (exact) mass is 234 g/mol. The number of pyridine rings is 1. The maximum Gasteiger partial charge on any atom is 0.130 e. The normalized spacial score (nSPS) is 10.1. The molecule has 0 aliphatic carbocycles. The van der Waals surface area contributed by atoms with Gasteiger partial charge in [-0.25, -0.2) is 0 Å². The van der Waals surface area contributed by atoms with Crippen molar-refractivity contribution in [1.82, 2.24) is 4.98 Å². The Morgan fingerprint density at radius 1 is 1.19 bits per heavy atom. The van der Waals surface area contributed by atoms with Crippen LogP contribution in [0.25, 0.3) is 0 Å². The first kappa shape index (κ1) is 10.9. The van der Waals surface area contributed by atoms with Crippen molar-refractivity contribution in [3.63, 3.8) is 0 Å². The maximum absolute atomic E-state index is 5.86. The van der Waals surface area contributed by atoms with Gasteiger partial charge in [0.05, 0.1) is 5.69 Å². The predicted molar refractivity (Wildman–Crippen MR) is 63.7 cm³/mol. The molecular weight excluding hydrogens is 224 g/mol. The van der Waals surface area contributed by atoms with Crippen LogP contribution >= 0.6 is 11.6 Å². The molecule has 0 aliphatic rings. The number of hydrogen-bond donors (Lipinski definition) is 1. The highest BCUT2D eigenvalue weighted by Crippen LogP contribution is 2.23. The Hall–Kier alpha value is -1.58. The number of hydrogen-bond acceptors (Lipinski definition) is 3. The molecule has 0 amide bonds. The smallest absolute Gasteiger partial charge is 0.130 e. The van der Waals surface area contributed by atoms with Gasteiger partial charge in [-0.05, 0) is 24.3 Å². The van der Waals surface area contributed by atoms with Crippen LogP contribution in [0.4, 0.5) is 0 Å². The highest BCUT2D eigenvalue weighted by Gasteiger charge is 1.99. The molecule has 4 heteroatoms. The summed E-state index contributed by atoms with van der Waals surface area (Å²) < 4.78 is 5.62. The molecule has 0 fully saturated rings. The molecule has 2 N–H and O–H groups in total. The van der Waals surface area contributed by atoms with Crippen molar-refractivity contribution in [2.24, 2.45) is 5.73 Å². The van der Waals surface area contributed by atoms with Crippen LogP contribution in [-0.4, -0.2) is 4.98 Å². The summed E-state index contributed by atoms with van der Waals surface area (Å²) in [5.41, 5.74) is 6.29. The summed E-state index contributed by atoms with van der Waals surface area (Å²) in [6.45, 7) is 0.396. The first-order chi connectivity index (χ1) is 7.78. The van der Waals surface area contributed by atoms with Gasteiger partial charge in [-0.15, -0.1) is 0 Å². The lowest BCUT2D eigenvalue weighted by Crippen LogP contribution is -1.99. The molecule has 16 heavy (non-hydrogen) atoms. The third-order valence-electron chi connectivity index (χ3n) is 2.03. The molecule has 0 spiro atoms. The zero-order valence-corrected chi connectivity index (χ0v) is 9.32. The molecule has 0 saturated carbocycles. The van der Waals surface area contributed by atoms with E-state index in [0.29, 0.717) is 23.1 Å². The van der Waals surface area contributed by atoms with Gasteiger partial charge in [-0.1, -0.05) is 17.7 Å². The second-order valence-electron chi connectivity index (χ2n) is 3.25. The van der Waals surface area contributed by atoms with Crippen molar-refractivity contribution >= 4 is 11.6 Å². The Labute approximate surface area is 98.8 Å². The molecule has 1 aromatic carbocycles. The quantitative estimate of drug-likeness (QED) is 0.888. The SMILES string of the molecule is NCc1cc(Oc2cccc(Cl)c2)ccn1. The molecule has 2 aromatic rings. The van der Waals surface area contributed by atoms with Crippen LogP contribution in [-0.2, 0) is 6.54 Å². The van der Waals surface area contributed by atoms with E-state index in [1.54, 1.807) is 30.5 Å². The summed E-state index contributed by atoms with van der Waals surface area (Å²) in [6, 6.07) is 10.8. The highest BCUT2D eigenvalue weighted by molar-refractivity contribution is 6.30. The lowest BCUT2D eigenvalue weighted by molar-refractivity contribution is 0.481. The Morgan fingerprint density at radius 2 is 2.00 bits per heavy atom. The Morgan fingerprint density at radius 3 is 2.75 bits per heavy atom. The lowest BCUT2D eigenvalue weighted by Gasteiger charge is -2.06. The van der Waals surface area contributed by atoms with E-state index in [9.17, 15) is 0 Å². The maximum atomic E-state index is 5.86. The van der Waals surface area contributed by atoms with E-state index in [4.69, 9.17) is 22.1 Å². The minimum Gasteiger partial charge on any atom is -0.457 e. The van der Waals surface area contributed by atoms with E-state index in [1.807, 2.05) is 12.1 Å². The molecule has 1 aromatic heterocycles. The van der Waals surface area contributed by atoms with Gasteiger partial charge in [-0.3, -0.25) is 4.98 Å². The summed E-state index contributed by atoms with van der Waals surface area (Å²) in [7, 11) is 0. The molecule has 0 radical (unpaired) electrons. The predicted octanol–water partition coefficient (Wildman–Crippen LogP) is 2.99. The van der Waals surface area contributed by atoms with Crippen molar-refractivity contribution in [2.45, 2.75) is 6.54 Å². The molecular formula is C12H11ClN2O. The molecule has 2 rings (SSSR count).